The van der Waals surface area contributed by atoms with Crippen LogP contribution in [0.15, 0.2) is 57.5 Å². The number of carbonyl (C=O) groups excluding carboxylic acids is 1. The molecule has 0 N–H and O–H groups in total. The molecule has 0 aliphatic heterocycles. The highest BCUT2D eigenvalue weighted by Crippen LogP contribution is 2.61. The van der Waals surface area contributed by atoms with Crippen LogP contribution in [0.25, 0.3) is 0 Å². The molecule has 2 aromatic carbocycles. The van der Waals surface area contributed by atoms with Crippen LogP contribution in [0, 0.1) is 0 Å². The Kier molecular flexibility index (Phi) is 5.77. The molecule has 2 atom stereocenters. The Morgan fingerprint density at radius 1 is 1.12 bits per heavy atom. The number of hydrogen-bond donors (Lipinski definition) is 0. The number of benzene rings is 2. The fourth-order valence-electron chi connectivity index (χ4n) is 3.07. The number of alkyl halides is 3. The summed E-state index contributed by atoms with van der Waals surface area (Å²) in [7, 11) is 0. The third-order valence-corrected chi connectivity index (χ3v) is 5.65. The van der Waals surface area contributed by atoms with Gasteiger partial charge in [-0.15, -0.1) is 0 Å². The number of carbonyl (C=O) groups is 1. The number of rotatable bonds is 4. The molecule has 1 fully saturated rings. The van der Waals surface area contributed by atoms with Crippen molar-refractivity contribution in [1.29, 1.82) is 0 Å². The first-order valence-corrected chi connectivity index (χ1v) is 10.2. The van der Waals surface area contributed by atoms with Crippen molar-refractivity contribution in [2.75, 3.05) is 6.61 Å². The highest BCUT2D eigenvalue weighted by molar-refractivity contribution is 9.10. The SMILES string of the molecule is O=C(OCC(Cl)(Cl)Cl)[C@@]1(c2ccc(Br)cc2)C[C@@H]1c1cccc(Br)c1. The van der Waals surface area contributed by atoms with Crippen molar-refractivity contribution in [1.82, 2.24) is 0 Å². The molecular formula is C18H13Br2Cl3O2. The molecule has 3 rings (SSSR count). The molecule has 0 heterocycles. The summed E-state index contributed by atoms with van der Waals surface area (Å²) < 4.78 is 5.63. The van der Waals surface area contributed by atoms with E-state index in [0.717, 1.165) is 20.1 Å². The molecule has 132 valence electrons. The molecule has 0 aromatic heterocycles. The fraction of sp³-hybridized carbons (Fsp3) is 0.278. The Morgan fingerprint density at radius 3 is 2.40 bits per heavy atom. The van der Waals surface area contributed by atoms with E-state index in [0.29, 0.717) is 6.42 Å². The van der Waals surface area contributed by atoms with Crippen molar-refractivity contribution in [3.63, 3.8) is 0 Å². The minimum Gasteiger partial charge on any atom is -0.460 e. The van der Waals surface area contributed by atoms with Gasteiger partial charge in [-0.25, -0.2) is 0 Å². The Balaban J connectivity index is 1.93. The van der Waals surface area contributed by atoms with E-state index in [2.05, 4.69) is 31.9 Å². The first-order valence-electron chi connectivity index (χ1n) is 7.48. The maximum atomic E-state index is 12.9. The summed E-state index contributed by atoms with van der Waals surface area (Å²) in [6.45, 7) is -0.278. The van der Waals surface area contributed by atoms with Gasteiger partial charge in [-0.2, -0.15) is 0 Å². The highest BCUT2D eigenvalue weighted by atomic mass is 79.9. The van der Waals surface area contributed by atoms with E-state index in [9.17, 15) is 4.79 Å². The van der Waals surface area contributed by atoms with Gasteiger partial charge in [-0.05, 0) is 41.8 Å². The van der Waals surface area contributed by atoms with Gasteiger partial charge in [-0.3, -0.25) is 4.79 Å². The predicted octanol–water partition coefficient (Wildman–Crippen LogP) is 6.55. The van der Waals surface area contributed by atoms with Gasteiger partial charge in [0.2, 0.25) is 3.79 Å². The highest BCUT2D eigenvalue weighted by Gasteiger charge is 2.63. The predicted molar refractivity (Wildman–Crippen MR) is 109 cm³/mol. The summed E-state index contributed by atoms with van der Waals surface area (Å²) in [6.07, 6.45) is 0.657. The van der Waals surface area contributed by atoms with Crippen LogP contribution >= 0.6 is 66.7 Å². The molecule has 2 nitrogen and oxygen atoms in total. The van der Waals surface area contributed by atoms with Gasteiger partial charge in [-0.1, -0.05) is 90.9 Å². The summed E-state index contributed by atoms with van der Waals surface area (Å²) in [4.78, 5) is 12.9. The number of hydrogen-bond acceptors (Lipinski definition) is 2. The van der Waals surface area contributed by atoms with E-state index >= 15 is 0 Å². The van der Waals surface area contributed by atoms with Crippen LogP contribution in [-0.4, -0.2) is 16.4 Å². The lowest BCUT2D eigenvalue weighted by Gasteiger charge is -2.19. The van der Waals surface area contributed by atoms with Gasteiger partial charge >= 0.3 is 5.97 Å². The molecule has 0 saturated heterocycles. The maximum absolute atomic E-state index is 12.9. The average Bonchev–Trinajstić information content (AvgIpc) is 3.29. The van der Waals surface area contributed by atoms with Crippen LogP contribution in [0.3, 0.4) is 0 Å². The first-order chi connectivity index (χ1) is 11.7. The van der Waals surface area contributed by atoms with Gasteiger partial charge in [0.05, 0.1) is 0 Å². The molecule has 7 heteroatoms. The second-order valence-electron chi connectivity index (χ2n) is 5.98. The zero-order valence-corrected chi connectivity index (χ0v) is 18.3. The van der Waals surface area contributed by atoms with Crippen molar-refractivity contribution in [2.24, 2.45) is 0 Å². The average molecular weight is 527 g/mol. The van der Waals surface area contributed by atoms with Crippen molar-refractivity contribution in [3.8, 4) is 0 Å². The van der Waals surface area contributed by atoms with Gasteiger partial charge in [0.25, 0.3) is 0 Å². The fourth-order valence-corrected chi connectivity index (χ4v) is 3.92. The lowest BCUT2D eigenvalue weighted by molar-refractivity contribution is -0.146. The van der Waals surface area contributed by atoms with E-state index in [1.807, 2.05) is 48.5 Å². The number of ether oxygens (including phenoxy) is 1. The van der Waals surface area contributed by atoms with E-state index in [1.165, 1.54) is 0 Å². The molecule has 0 amide bonds. The first kappa shape index (κ1) is 19.5. The monoisotopic (exact) mass is 524 g/mol. The summed E-state index contributed by atoms with van der Waals surface area (Å²) in [5, 5.41) is 0. The topological polar surface area (TPSA) is 26.3 Å². The molecule has 1 aliphatic carbocycles. The van der Waals surface area contributed by atoms with Gasteiger partial charge in [0.15, 0.2) is 0 Å². The molecule has 0 spiro atoms. The van der Waals surface area contributed by atoms with Crippen molar-refractivity contribution >= 4 is 72.6 Å². The second-order valence-corrected chi connectivity index (χ2v) is 10.3. The zero-order valence-electron chi connectivity index (χ0n) is 12.8. The van der Waals surface area contributed by atoms with Crippen molar-refractivity contribution < 1.29 is 9.53 Å². The summed E-state index contributed by atoms with van der Waals surface area (Å²) >= 11 is 24.1. The van der Waals surface area contributed by atoms with Crippen LogP contribution in [-0.2, 0) is 14.9 Å². The van der Waals surface area contributed by atoms with Gasteiger partial charge in [0.1, 0.15) is 12.0 Å². The quantitative estimate of drug-likeness (QED) is 0.333. The minimum absolute atomic E-state index is 0.0223. The van der Waals surface area contributed by atoms with Crippen molar-refractivity contribution in [2.45, 2.75) is 21.5 Å². The smallest absolute Gasteiger partial charge is 0.317 e. The molecule has 25 heavy (non-hydrogen) atoms. The molecule has 1 saturated carbocycles. The van der Waals surface area contributed by atoms with Crippen LogP contribution in [0.2, 0.25) is 0 Å². The van der Waals surface area contributed by atoms with E-state index in [4.69, 9.17) is 39.5 Å². The Bertz CT molecular complexity index is 790. The standard InChI is InChI=1S/C18H13Br2Cl3O2/c19-13-6-4-12(5-7-13)17(16(24)25-10-18(21,22)23)9-15(17)11-2-1-3-14(20)8-11/h1-8,15H,9-10H2/t15-,17-/m1/s1. The van der Waals surface area contributed by atoms with Crippen LogP contribution in [0.1, 0.15) is 23.5 Å². The molecule has 2 aromatic rings. The Hall–Kier alpha value is -0.260. The lowest BCUT2D eigenvalue weighted by Crippen LogP contribution is -2.28. The van der Waals surface area contributed by atoms with E-state index in [1.54, 1.807) is 0 Å². The van der Waals surface area contributed by atoms with Gasteiger partial charge < -0.3 is 4.74 Å². The molecular weight excluding hydrogens is 514 g/mol. The Labute approximate surface area is 178 Å². The number of halogens is 5. The lowest BCUT2D eigenvalue weighted by atomic mass is 9.91. The van der Waals surface area contributed by atoms with Crippen LogP contribution in [0.5, 0.6) is 0 Å². The van der Waals surface area contributed by atoms with Crippen molar-refractivity contribution in [3.05, 3.63) is 68.6 Å². The largest absolute Gasteiger partial charge is 0.460 e. The maximum Gasteiger partial charge on any atom is 0.317 e. The summed E-state index contributed by atoms with van der Waals surface area (Å²) in [6, 6.07) is 15.6. The Morgan fingerprint density at radius 2 is 1.80 bits per heavy atom. The third-order valence-electron chi connectivity index (χ3n) is 4.30. The zero-order chi connectivity index (χ0) is 18.2. The normalized spacial score (nSPS) is 22.5. The number of esters is 1. The molecule has 1 aliphatic rings. The van der Waals surface area contributed by atoms with Gasteiger partial charge in [0, 0.05) is 14.9 Å². The second kappa shape index (κ2) is 7.40. The molecule has 0 bridgehead atoms. The molecule has 0 unspecified atom stereocenters. The van der Waals surface area contributed by atoms with Crippen LogP contribution < -0.4 is 0 Å². The van der Waals surface area contributed by atoms with E-state index in [-0.39, 0.29) is 18.5 Å². The summed E-state index contributed by atoms with van der Waals surface area (Å²) in [5.74, 6) is -0.347. The third kappa shape index (κ3) is 4.36. The molecule has 0 radical (unpaired) electrons. The van der Waals surface area contributed by atoms with E-state index < -0.39 is 9.21 Å². The van der Waals surface area contributed by atoms with Crippen LogP contribution in [0.4, 0.5) is 0 Å². The summed E-state index contributed by atoms with van der Waals surface area (Å²) in [5.41, 5.74) is 1.22. The minimum atomic E-state index is -1.63.